The van der Waals surface area contributed by atoms with E-state index in [2.05, 4.69) is 40.2 Å². The third-order valence-corrected chi connectivity index (χ3v) is 5.00. The minimum Gasteiger partial charge on any atom is -0.494 e. The molecular formula is C16H17BrO3S. The van der Waals surface area contributed by atoms with Crippen LogP contribution in [0.15, 0.2) is 40.2 Å². The summed E-state index contributed by atoms with van der Waals surface area (Å²) in [4.78, 5) is 1.26. The van der Waals surface area contributed by atoms with Gasteiger partial charge in [0.05, 0.1) is 10.4 Å². The lowest BCUT2D eigenvalue weighted by atomic mass is 10.2. The highest BCUT2D eigenvalue weighted by molar-refractivity contribution is 9.11. The molecule has 5 heteroatoms. The lowest BCUT2D eigenvalue weighted by molar-refractivity contribution is -0.322. The summed E-state index contributed by atoms with van der Waals surface area (Å²) in [6, 6.07) is 12.4. The molecule has 1 aromatic carbocycles. The lowest BCUT2D eigenvalue weighted by Gasteiger charge is -2.26. The molecule has 3 nitrogen and oxygen atoms in total. The molecule has 1 aliphatic heterocycles. The highest BCUT2D eigenvalue weighted by Gasteiger charge is 2.17. The van der Waals surface area contributed by atoms with E-state index in [-0.39, 0.29) is 6.29 Å². The van der Waals surface area contributed by atoms with E-state index in [9.17, 15) is 0 Å². The maximum Gasteiger partial charge on any atom is 0.163 e. The fourth-order valence-electron chi connectivity index (χ4n) is 2.12. The molecule has 2 aromatic rings. The van der Waals surface area contributed by atoms with Crippen molar-refractivity contribution in [3.63, 3.8) is 0 Å². The van der Waals surface area contributed by atoms with Crippen LogP contribution >= 0.6 is 27.3 Å². The quantitative estimate of drug-likeness (QED) is 0.639. The minimum absolute atomic E-state index is 0.0226. The van der Waals surface area contributed by atoms with Gasteiger partial charge >= 0.3 is 0 Å². The van der Waals surface area contributed by atoms with E-state index < -0.39 is 0 Å². The number of ether oxygens (including phenoxy) is 3. The normalized spacial score (nSPS) is 14.9. The average Bonchev–Trinajstić information content (AvgIpc) is 2.88. The first-order chi connectivity index (χ1) is 10.3. The van der Waals surface area contributed by atoms with Gasteiger partial charge in [-0.3, -0.25) is 0 Å². The predicted molar refractivity (Wildman–Crippen MR) is 87.6 cm³/mol. The van der Waals surface area contributed by atoms with Gasteiger partial charge in [0.2, 0.25) is 0 Å². The monoisotopic (exact) mass is 368 g/mol. The number of unbranched alkanes of at least 4 members (excludes halogenated alkanes) is 1. The number of hydrogen-bond donors (Lipinski definition) is 0. The lowest BCUT2D eigenvalue weighted by Crippen LogP contribution is -2.30. The molecule has 112 valence electrons. The molecule has 0 spiro atoms. The van der Waals surface area contributed by atoms with E-state index in [1.165, 1.54) is 10.4 Å². The molecule has 1 fully saturated rings. The van der Waals surface area contributed by atoms with Crippen LogP contribution in [0.5, 0.6) is 5.75 Å². The molecule has 3 rings (SSSR count). The van der Waals surface area contributed by atoms with Crippen molar-refractivity contribution >= 4 is 27.3 Å². The Bertz CT molecular complexity index is 563. The van der Waals surface area contributed by atoms with Crippen molar-refractivity contribution in [2.75, 3.05) is 13.4 Å². The van der Waals surface area contributed by atoms with Gasteiger partial charge in [-0.1, -0.05) is 0 Å². The second-order valence-electron chi connectivity index (χ2n) is 4.85. The van der Waals surface area contributed by atoms with Gasteiger partial charge in [-0.05, 0) is 77.2 Å². The molecule has 0 atom stereocenters. The summed E-state index contributed by atoms with van der Waals surface area (Å²) in [5.74, 6) is 0.922. The summed E-state index contributed by atoms with van der Waals surface area (Å²) >= 11 is 5.22. The first kappa shape index (κ1) is 15.0. The van der Waals surface area contributed by atoms with Crippen LogP contribution < -0.4 is 4.74 Å². The first-order valence-electron chi connectivity index (χ1n) is 7.03. The summed E-state index contributed by atoms with van der Waals surface area (Å²) in [6.45, 7) is 1.19. The second-order valence-corrected chi connectivity index (χ2v) is 7.32. The van der Waals surface area contributed by atoms with Crippen molar-refractivity contribution in [2.45, 2.75) is 25.6 Å². The standard InChI is InChI=1S/C16H17BrO3S/c17-15-9-8-14(21-15)12-4-6-13(7-5-12)18-10-2-1-3-16-19-11-20-16/h4-9,16H,1-3,10-11H2. The van der Waals surface area contributed by atoms with Crippen molar-refractivity contribution in [3.8, 4) is 16.2 Å². The van der Waals surface area contributed by atoms with E-state index in [1.54, 1.807) is 11.3 Å². The topological polar surface area (TPSA) is 27.7 Å². The van der Waals surface area contributed by atoms with E-state index in [0.717, 1.165) is 35.4 Å². The molecule has 0 bridgehead atoms. The van der Waals surface area contributed by atoms with Gasteiger partial charge in [-0.25, -0.2) is 0 Å². The second kappa shape index (κ2) is 7.40. The summed E-state index contributed by atoms with van der Waals surface area (Å²) in [5, 5.41) is 0. The van der Waals surface area contributed by atoms with Crippen LogP contribution in [0.2, 0.25) is 0 Å². The zero-order chi connectivity index (χ0) is 14.5. The van der Waals surface area contributed by atoms with Gasteiger partial charge < -0.3 is 14.2 Å². The average molecular weight is 369 g/mol. The number of halogens is 1. The Labute approximate surface area is 137 Å². The fraction of sp³-hybridized carbons (Fsp3) is 0.375. The maximum atomic E-state index is 5.75. The molecule has 21 heavy (non-hydrogen) atoms. The van der Waals surface area contributed by atoms with Crippen molar-refractivity contribution in [3.05, 3.63) is 40.2 Å². The van der Waals surface area contributed by atoms with E-state index >= 15 is 0 Å². The Kier molecular flexibility index (Phi) is 5.30. The highest BCUT2D eigenvalue weighted by Crippen LogP contribution is 2.32. The zero-order valence-corrected chi connectivity index (χ0v) is 14.0. The molecular weight excluding hydrogens is 352 g/mol. The van der Waals surface area contributed by atoms with Crippen LogP contribution in [0, 0.1) is 0 Å². The maximum absolute atomic E-state index is 5.75. The zero-order valence-electron chi connectivity index (χ0n) is 11.6. The van der Waals surface area contributed by atoms with Gasteiger partial charge in [-0.2, -0.15) is 0 Å². The van der Waals surface area contributed by atoms with Crippen molar-refractivity contribution < 1.29 is 14.2 Å². The molecule has 0 radical (unpaired) electrons. The molecule has 0 amide bonds. The first-order valence-corrected chi connectivity index (χ1v) is 8.64. The molecule has 0 aliphatic carbocycles. The van der Waals surface area contributed by atoms with E-state index in [0.29, 0.717) is 6.79 Å². The van der Waals surface area contributed by atoms with Crippen LogP contribution in [0.1, 0.15) is 19.3 Å². The molecule has 0 unspecified atom stereocenters. The SMILES string of the molecule is Brc1ccc(-c2ccc(OCCCCC3OCO3)cc2)s1. The van der Waals surface area contributed by atoms with Gasteiger partial charge in [0.1, 0.15) is 5.75 Å². The van der Waals surface area contributed by atoms with Crippen molar-refractivity contribution in [2.24, 2.45) is 0 Å². The third-order valence-electron chi connectivity index (χ3n) is 3.32. The van der Waals surface area contributed by atoms with Crippen molar-refractivity contribution in [1.29, 1.82) is 0 Å². The van der Waals surface area contributed by atoms with Gasteiger partial charge in [0.15, 0.2) is 13.1 Å². The Morgan fingerprint density at radius 3 is 2.52 bits per heavy atom. The summed E-state index contributed by atoms with van der Waals surface area (Å²) < 4.78 is 17.3. The smallest absolute Gasteiger partial charge is 0.163 e. The Balaban J connectivity index is 1.41. The van der Waals surface area contributed by atoms with E-state index in [4.69, 9.17) is 14.2 Å². The largest absolute Gasteiger partial charge is 0.494 e. The summed E-state index contributed by atoms with van der Waals surface area (Å²) in [7, 11) is 0. The predicted octanol–water partition coefficient (Wildman–Crippen LogP) is 5.06. The Hall–Kier alpha value is -0.880. The van der Waals surface area contributed by atoms with Crippen LogP contribution in [0.3, 0.4) is 0 Å². The van der Waals surface area contributed by atoms with Crippen LogP contribution in [0.25, 0.3) is 10.4 Å². The summed E-state index contributed by atoms with van der Waals surface area (Å²) in [6.07, 6.45) is 3.05. The van der Waals surface area contributed by atoms with Gasteiger partial charge in [-0.15, -0.1) is 11.3 Å². The minimum atomic E-state index is 0.0226. The van der Waals surface area contributed by atoms with Gasteiger partial charge in [0.25, 0.3) is 0 Å². The Morgan fingerprint density at radius 1 is 1.10 bits per heavy atom. The molecule has 2 heterocycles. The summed E-state index contributed by atoms with van der Waals surface area (Å²) in [5.41, 5.74) is 1.22. The van der Waals surface area contributed by atoms with E-state index in [1.807, 2.05) is 12.1 Å². The molecule has 0 saturated carbocycles. The number of thiophene rings is 1. The highest BCUT2D eigenvalue weighted by atomic mass is 79.9. The molecule has 1 aliphatic rings. The molecule has 0 N–H and O–H groups in total. The van der Waals surface area contributed by atoms with Crippen LogP contribution in [-0.4, -0.2) is 19.7 Å². The number of rotatable bonds is 7. The molecule has 1 saturated heterocycles. The van der Waals surface area contributed by atoms with Crippen LogP contribution in [-0.2, 0) is 9.47 Å². The van der Waals surface area contributed by atoms with Crippen LogP contribution in [0.4, 0.5) is 0 Å². The number of hydrogen-bond acceptors (Lipinski definition) is 4. The molecule has 1 aromatic heterocycles. The fourth-order valence-corrected chi connectivity index (χ4v) is 3.51. The van der Waals surface area contributed by atoms with Gasteiger partial charge in [0, 0.05) is 4.88 Å². The third kappa shape index (κ3) is 4.30. The van der Waals surface area contributed by atoms with Crippen molar-refractivity contribution in [1.82, 2.24) is 0 Å². The Morgan fingerprint density at radius 2 is 1.90 bits per heavy atom. The number of benzene rings is 1.